The molecule has 0 aliphatic carbocycles. The van der Waals surface area contributed by atoms with Crippen molar-refractivity contribution < 1.29 is 22.4 Å². The molecule has 3 rings (SSSR count). The van der Waals surface area contributed by atoms with E-state index in [2.05, 4.69) is 31.3 Å². The predicted octanol–water partition coefficient (Wildman–Crippen LogP) is 3.20. The number of rotatable bonds is 5. The lowest BCUT2D eigenvalue weighted by molar-refractivity contribution is 0.174. The van der Waals surface area contributed by atoms with Crippen molar-refractivity contribution in [3.63, 3.8) is 0 Å². The van der Waals surface area contributed by atoms with Gasteiger partial charge in [-0.2, -0.15) is 8.42 Å². The van der Waals surface area contributed by atoms with Crippen LogP contribution in [0.5, 0.6) is 11.5 Å². The molecule has 1 atom stereocenters. The number of benzene rings is 2. The fourth-order valence-electron chi connectivity index (χ4n) is 2.55. The van der Waals surface area contributed by atoms with Crippen LogP contribution in [0.4, 0.5) is 0 Å². The molecule has 1 aliphatic rings. The lowest BCUT2D eigenvalue weighted by Crippen LogP contribution is -2.27. The SMILES string of the molecule is CCNC(C)Cc1ccc2c(c1)OCO2.Cc1ccc(S(=O)(=O)O)cc1. The zero-order chi connectivity index (χ0) is 19.2. The highest BCUT2D eigenvalue weighted by atomic mass is 32.2. The van der Waals surface area contributed by atoms with Crippen molar-refractivity contribution in [2.45, 2.75) is 38.1 Å². The van der Waals surface area contributed by atoms with Crippen molar-refractivity contribution in [3.8, 4) is 11.5 Å². The molecule has 1 unspecified atom stereocenters. The molecule has 0 spiro atoms. The molecule has 0 saturated heterocycles. The van der Waals surface area contributed by atoms with E-state index in [0.717, 1.165) is 30.0 Å². The first kappa shape index (κ1) is 20.2. The first-order chi connectivity index (χ1) is 12.3. The Morgan fingerprint density at radius 2 is 1.77 bits per heavy atom. The molecular weight excluding hydrogens is 354 g/mol. The molecule has 7 heteroatoms. The fourth-order valence-corrected chi connectivity index (χ4v) is 3.03. The molecule has 26 heavy (non-hydrogen) atoms. The Kier molecular flexibility index (Phi) is 7.02. The molecule has 0 radical (unpaired) electrons. The minimum absolute atomic E-state index is 0.0666. The second kappa shape index (κ2) is 9.02. The molecule has 0 aromatic heterocycles. The summed E-state index contributed by atoms with van der Waals surface area (Å²) in [4.78, 5) is -0.0666. The lowest BCUT2D eigenvalue weighted by atomic mass is 10.1. The van der Waals surface area contributed by atoms with Crippen LogP contribution in [0.2, 0.25) is 0 Å². The Morgan fingerprint density at radius 3 is 2.38 bits per heavy atom. The predicted molar refractivity (Wildman–Crippen MR) is 100 cm³/mol. The Hall–Kier alpha value is -2.09. The summed E-state index contributed by atoms with van der Waals surface area (Å²) < 4.78 is 40.2. The van der Waals surface area contributed by atoms with E-state index < -0.39 is 10.1 Å². The molecule has 0 bridgehead atoms. The van der Waals surface area contributed by atoms with E-state index in [1.165, 1.54) is 17.7 Å². The fraction of sp³-hybridized carbons (Fsp3) is 0.368. The van der Waals surface area contributed by atoms with Gasteiger partial charge in [-0.1, -0.05) is 30.7 Å². The highest BCUT2D eigenvalue weighted by molar-refractivity contribution is 7.85. The van der Waals surface area contributed by atoms with E-state index in [-0.39, 0.29) is 4.90 Å². The summed E-state index contributed by atoms with van der Waals surface area (Å²) in [7, 11) is -4.02. The van der Waals surface area contributed by atoms with Crippen LogP contribution < -0.4 is 14.8 Å². The third-order valence-electron chi connectivity index (χ3n) is 3.85. The Morgan fingerprint density at radius 1 is 1.12 bits per heavy atom. The molecule has 142 valence electrons. The van der Waals surface area contributed by atoms with E-state index in [1.807, 2.05) is 13.0 Å². The summed E-state index contributed by atoms with van der Waals surface area (Å²) in [5.74, 6) is 1.73. The first-order valence-electron chi connectivity index (χ1n) is 8.45. The van der Waals surface area contributed by atoms with Gasteiger partial charge in [0.1, 0.15) is 0 Å². The molecular formula is C19H25NO5S. The number of aryl methyl sites for hydroxylation is 1. The van der Waals surface area contributed by atoms with Gasteiger partial charge in [0, 0.05) is 6.04 Å². The number of likely N-dealkylation sites (N-methyl/N-ethyl adjacent to an activating group) is 1. The molecule has 0 amide bonds. The third-order valence-corrected chi connectivity index (χ3v) is 4.72. The van der Waals surface area contributed by atoms with Gasteiger partial charge >= 0.3 is 0 Å². The van der Waals surface area contributed by atoms with E-state index in [0.29, 0.717) is 12.8 Å². The smallest absolute Gasteiger partial charge is 0.294 e. The zero-order valence-corrected chi connectivity index (χ0v) is 16.0. The number of hydrogen-bond acceptors (Lipinski definition) is 5. The van der Waals surface area contributed by atoms with Crippen LogP contribution in [-0.4, -0.2) is 32.4 Å². The van der Waals surface area contributed by atoms with Crippen molar-refractivity contribution >= 4 is 10.1 Å². The van der Waals surface area contributed by atoms with Crippen molar-refractivity contribution in [1.29, 1.82) is 0 Å². The largest absolute Gasteiger partial charge is 0.454 e. The zero-order valence-electron chi connectivity index (χ0n) is 15.2. The molecule has 1 aliphatic heterocycles. The van der Waals surface area contributed by atoms with E-state index in [1.54, 1.807) is 12.1 Å². The Bertz CT molecular complexity index is 818. The number of hydrogen-bond donors (Lipinski definition) is 2. The topological polar surface area (TPSA) is 84.9 Å². The molecule has 0 saturated carbocycles. The summed E-state index contributed by atoms with van der Waals surface area (Å²) in [5.41, 5.74) is 2.24. The summed E-state index contributed by atoms with van der Waals surface area (Å²) in [6, 6.07) is 12.6. The summed E-state index contributed by atoms with van der Waals surface area (Å²) >= 11 is 0. The molecule has 1 heterocycles. The summed E-state index contributed by atoms with van der Waals surface area (Å²) in [5, 5.41) is 3.39. The van der Waals surface area contributed by atoms with Gasteiger partial charge in [-0.3, -0.25) is 4.55 Å². The second-order valence-electron chi connectivity index (χ2n) is 6.14. The maximum Gasteiger partial charge on any atom is 0.294 e. The minimum Gasteiger partial charge on any atom is -0.454 e. The highest BCUT2D eigenvalue weighted by Gasteiger charge is 2.13. The van der Waals surface area contributed by atoms with Gasteiger partial charge in [0.2, 0.25) is 6.79 Å². The van der Waals surface area contributed by atoms with Crippen molar-refractivity contribution in [3.05, 3.63) is 53.6 Å². The first-order valence-corrected chi connectivity index (χ1v) is 9.89. The standard InChI is InChI=1S/C12H17NO2.C7H8O3S/c1-3-13-9(2)6-10-4-5-11-12(7-10)15-8-14-11;1-6-2-4-7(5-3-6)11(8,9)10/h4-5,7,9,13H,3,6,8H2,1-2H3;2-5H,1H3,(H,8,9,10). The quantitative estimate of drug-likeness (QED) is 0.776. The summed E-state index contributed by atoms with van der Waals surface area (Å²) in [6.45, 7) is 7.51. The second-order valence-corrected chi connectivity index (χ2v) is 7.56. The average Bonchev–Trinajstić information content (AvgIpc) is 3.03. The van der Waals surface area contributed by atoms with Crippen molar-refractivity contribution in [1.82, 2.24) is 5.32 Å². The highest BCUT2D eigenvalue weighted by Crippen LogP contribution is 2.32. The maximum absolute atomic E-state index is 10.5. The number of ether oxygens (including phenoxy) is 2. The minimum atomic E-state index is -4.02. The van der Waals surface area contributed by atoms with Crippen molar-refractivity contribution in [2.24, 2.45) is 0 Å². The van der Waals surface area contributed by atoms with Gasteiger partial charge in [0.15, 0.2) is 11.5 Å². The van der Waals surface area contributed by atoms with Gasteiger partial charge in [-0.25, -0.2) is 0 Å². The van der Waals surface area contributed by atoms with Gasteiger partial charge < -0.3 is 14.8 Å². The van der Waals surface area contributed by atoms with Crippen LogP contribution in [0.25, 0.3) is 0 Å². The lowest BCUT2D eigenvalue weighted by Gasteiger charge is -2.12. The Labute approximate surface area is 154 Å². The normalized spacial score (nSPS) is 13.7. The molecule has 2 aromatic rings. The van der Waals surface area contributed by atoms with Gasteiger partial charge in [-0.05, 0) is 56.6 Å². The van der Waals surface area contributed by atoms with Crippen molar-refractivity contribution in [2.75, 3.05) is 13.3 Å². The van der Waals surface area contributed by atoms with E-state index >= 15 is 0 Å². The Balaban J connectivity index is 0.000000197. The van der Waals surface area contributed by atoms with Crippen LogP contribution in [0.3, 0.4) is 0 Å². The summed E-state index contributed by atoms with van der Waals surface area (Å²) in [6.07, 6.45) is 1.02. The third kappa shape index (κ3) is 6.01. The number of fused-ring (bicyclic) bond motifs is 1. The van der Waals surface area contributed by atoms with Crippen LogP contribution in [-0.2, 0) is 16.5 Å². The van der Waals surface area contributed by atoms with Crippen LogP contribution in [0.1, 0.15) is 25.0 Å². The number of nitrogens with one attached hydrogen (secondary N) is 1. The van der Waals surface area contributed by atoms with E-state index in [4.69, 9.17) is 14.0 Å². The molecule has 2 N–H and O–H groups in total. The molecule has 2 aromatic carbocycles. The van der Waals surface area contributed by atoms with E-state index in [9.17, 15) is 8.42 Å². The average molecular weight is 379 g/mol. The molecule has 6 nitrogen and oxygen atoms in total. The molecule has 0 fully saturated rings. The van der Waals surface area contributed by atoms with Gasteiger partial charge in [-0.15, -0.1) is 0 Å². The van der Waals surface area contributed by atoms with Gasteiger partial charge in [0.05, 0.1) is 4.90 Å². The van der Waals surface area contributed by atoms with Crippen LogP contribution in [0, 0.1) is 6.92 Å². The van der Waals surface area contributed by atoms with Crippen LogP contribution >= 0.6 is 0 Å². The van der Waals surface area contributed by atoms with Crippen LogP contribution in [0.15, 0.2) is 47.4 Å². The van der Waals surface area contributed by atoms with Gasteiger partial charge in [0.25, 0.3) is 10.1 Å². The monoisotopic (exact) mass is 379 g/mol. The maximum atomic E-state index is 10.5.